The van der Waals surface area contributed by atoms with E-state index in [1.165, 1.54) is 32.7 Å². The van der Waals surface area contributed by atoms with Crippen molar-refractivity contribution in [3.63, 3.8) is 0 Å². The molecule has 0 aliphatic heterocycles. The van der Waals surface area contributed by atoms with Crippen LogP contribution in [0, 0.1) is 0 Å². The number of hydrogen-bond acceptors (Lipinski definition) is 5. The summed E-state index contributed by atoms with van der Waals surface area (Å²) in [5.74, 6) is -1.80. The molecule has 43 heavy (non-hydrogen) atoms. The van der Waals surface area contributed by atoms with E-state index < -0.39 is 24.1 Å². The van der Waals surface area contributed by atoms with Crippen molar-refractivity contribution in [3.05, 3.63) is 96.1 Å². The summed E-state index contributed by atoms with van der Waals surface area (Å²) >= 11 is 0. The summed E-state index contributed by atoms with van der Waals surface area (Å²) in [5, 5.41) is 26.6. The largest absolute Gasteiger partial charge is 0.479 e. The van der Waals surface area contributed by atoms with Crippen molar-refractivity contribution in [2.24, 2.45) is 0 Å². The first-order chi connectivity index (χ1) is 21.0. The number of carbonyl (C=O) groups is 2. The smallest absolute Gasteiger partial charge is 0.336 e. The molecular formula is C36H43NO6. The van der Waals surface area contributed by atoms with Gasteiger partial charge in [-0.2, -0.15) is 0 Å². The third-order valence-electron chi connectivity index (χ3n) is 7.64. The number of carbonyl (C=O) groups excluding carboxylic acids is 1. The number of carboxylic acids is 1. The Balaban J connectivity index is 1.18. The number of benzene rings is 4. The molecule has 3 N–H and O–H groups in total. The van der Waals surface area contributed by atoms with E-state index in [1.54, 1.807) is 0 Å². The lowest BCUT2D eigenvalue weighted by atomic mass is 10.0. The van der Waals surface area contributed by atoms with Gasteiger partial charge in [0.15, 0.2) is 12.2 Å². The van der Waals surface area contributed by atoms with Gasteiger partial charge in [-0.1, -0.05) is 97.8 Å². The Morgan fingerprint density at radius 2 is 1.16 bits per heavy atom. The van der Waals surface area contributed by atoms with Crippen LogP contribution in [0.3, 0.4) is 0 Å². The number of rotatable bonds is 19. The molecule has 7 nitrogen and oxygen atoms in total. The van der Waals surface area contributed by atoms with E-state index in [2.05, 4.69) is 66.0 Å². The van der Waals surface area contributed by atoms with Gasteiger partial charge in [0.2, 0.25) is 0 Å². The fourth-order valence-electron chi connectivity index (χ4n) is 5.32. The number of hydrogen-bond donors (Lipinski definition) is 3. The Hall–Kier alpha value is -3.78. The molecule has 0 saturated carbocycles. The number of amides is 1. The lowest BCUT2D eigenvalue weighted by molar-refractivity contribution is -0.169. The number of aliphatic carboxylic acids is 1. The second-order valence-corrected chi connectivity index (χ2v) is 10.9. The van der Waals surface area contributed by atoms with Gasteiger partial charge in [0.1, 0.15) is 0 Å². The highest BCUT2D eigenvalue weighted by Gasteiger charge is 2.35. The number of aliphatic hydroxyl groups is 1. The molecule has 1 amide bonds. The van der Waals surface area contributed by atoms with Crippen LogP contribution < -0.4 is 5.32 Å². The molecule has 4 aromatic carbocycles. The van der Waals surface area contributed by atoms with Crippen molar-refractivity contribution in [1.82, 2.24) is 5.32 Å². The van der Waals surface area contributed by atoms with Crippen molar-refractivity contribution in [2.75, 3.05) is 26.4 Å². The molecule has 228 valence electrons. The van der Waals surface area contributed by atoms with Crippen molar-refractivity contribution < 1.29 is 29.3 Å². The minimum atomic E-state index is -1.49. The molecule has 0 radical (unpaired) electrons. The van der Waals surface area contributed by atoms with Gasteiger partial charge in [-0.05, 0) is 71.2 Å². The van der Waals surface area contributed by atoms with Crippen LogP contribution in [0.25, 0.3) is 21.5 Å². The molecule has 4 aromatic rings. The molecule has 7 heteroatoms. The van der Waals surface area contributed by atoms with E-state index in [1.807, 2.05) is 24.3 Å². The molecule has 0 aromatic heterocycles. The highest BCUT2D eigenvalue weighted by Crippen LogP contribution is 2.19. The summed E-state index contributed by atoms with van der Waals surface area (Å²) in [4.78, 5) is 24.9. The summed E-state index contributed by atoms with van der Waals surface area (Å²) in [6.45, 7) is 0.136. The Kier molecular flexibility index (Phi) is 13.0. The van der Waals surface area contributed by atoms with Crippen LogP contribution in [0.1, 0.15) is 49.7 Å². The van der Waals surface area contributed by atoms with Gasteiger partial charge in [-0.25, -0.2) is 4.79 Å². The quantitative estimate of drug-likeness (QED) is 0.115. The molecule has 0 aliphatic carbocycles. The number of aryl methyl sites for hydroxylation is 2. The van der Waals surface area contributed by atoms with Gasteiger partial charge in [0.25, 0.3) is 5.91 Å². The number of nitrogens with one attached hydrogen (secondary N) is 1. The van der Waals surface area contributed by atoms with Crippen LogP contribution in [-0.4, -0.2) is 60.7 Å². The van der Waals surface area contributed by atoms with E-state index in [9.17, 15) is 14.7 Å². The number of carboxylic acid groups (broad SMARTS) is 1. The van der Waals surface area contributed by atoms with Crippen LogP contribution in [0.15, 0.2) is 84.9 Å². The van der Waals surface area contributed by atoms with E-state index in [0.717, 1.165) is 44.9 Å². The Bertz CT molecular complexity index is 1450. The highest BCUT2D eigenvalue weighted by molar-refractivity contribution is 5.88. The first kappa shape index (κ1) is 32.1. The molecule has 0 saturated heterocycles. The maximum atomic E-state index is 13.0. The molecule has 4 rings (SSSR count). The van der Waals surface area contributed by atoms with Gasteiger partial charge in [-0.3, -0.25) is 4.79 Å². The summed E-state index contributed by atoms with van der Waals surface area (Å²) in [6.07, 6.45) is 4.35. The topological polar surface area (TPSA) is 105 Å². The van der Waals surface area contributed by atoms with Gasteiger partial charge in [0, 0.05) is 13.2 Å². The van der Waals surface area contributed by atoms with Crippen molar-refractivity contribution in [1.29, 1.82) is 0 Å². The highest BCUT2D eigenvalue weighted by atomic mass is 16.6. The van der Waals surface area contributed by atoms with Crippen LogP contribution >= 0.6 is 0 Å². The normalized spacial score (nSPS) is 12.8. The monoisotopic (exact) mass is 585 g/mol. The Morgan fingerprint density at radius 1 is 0.628 bits per heavy atom. The molecule has 0 spiro atoms. The number of aliphatic hydroxyl groups excluding tert-OH is 1. The molecule has 0 bridgehead atoms. The standard InChI is InChI=1S/C36H43NO6/c38-22-24-43-34(36(40)41)33(42-23-10-2-4-12-28-18-20-30-14-6-8-16-32(30)26-28)35(39)37-21-9-1-3-11-27-17-19-29-13-5-7-15-31(29)25-27/h5-8,13-20,25-26,33-34,38H,1-4,9-12,21-24H2,(H,37,39)(H,40,41)/t33-,34-/m1/s1. The fraction of sp³-hybridized carbons (Fsp3) is 0.389. The Morgan fingerprint density at radius 3 is 1.72 bits per heavy atom. The van der Waals surface area contributed by atoms with Crippen LogP contribution in [0.5, 0.6) is 0 Å². The predicted octanol–water partition coefficient (Wildman–Crippen LogP) is 6.08. The van der Waals surface area contributed by atoms with E-state index in [0.29, 0.717) is 13.0 Å². The number of fused-ring (bicyclic) bond motifs is 2. The summed E-state index contributed by atoms with van der Waals surface area (Å²) in [6, 6.07) is 29.6. The fourth-order valence-corrected chi connectivity index (χ4v) is 5.32. The van der Waals surface area contributed by atoms with Crippen LogP contribution in [-0.2, 0) is 31.9 Å². The van der Waals surface area contributed by atoms with Gasteiger partial charge < -0.3 is 25.0 Å². The molecule has 0 aliphatic rings. The average molecular weight is 586 g/mol. The third kappa shape index (κ3) is 10.2. The molecule has 2 atom stereocenters. The zero-order valence-corrected chi connectivity index (χ0v) is 24.8. The minimum absolute atomic E-state index is 0.190. The minimum Gasteiger partial charge on any atom is -0.479 e. The lowest BCUT2D eigenvalue weighted by Crippen LogP contribution is -2.49. The second-order valence-electron chi connectivity index (χ2n) is 10.9. The zero-order valence-electron chi connectivity index (χ0n) is 24.8. The van der Waals surface area contributed by atoms with Crippen LogP contribution in [0.4, 0.5) is 0 Å². The number of unbranched alkanes of at least 4 members (excludes halogenated alkanes) is 4. The average Bonchev–Trinajstić information content (AvgIpc) is 3.03. The van der Waals surface area contributed by atoms with Gasteiger partial charge in [0.05, 0.1) is 13.2 Å². The summed E-state index contributed by atoms with van der Waals surface area (Å²) in [5.41, 5.74) is 2.57. The van der Waals surface area contributed by atoms with Crippen molar-refractivity contribution in [3.8, 4) is 0 Å². The van der Waals surface area contributed by atoms with E-state index >= 15 is 0 Å². The maximum Gasteiger partial charge on any atom is 0.336 e. The van der Waals surface area contributed by atoms with Crippen molar-refractivity contribution in [2.45, 2.75) is 63.6 Å². The lowest BCUT2D eigenvalue weighted by Gasteiger charge is -2.23. The first-order valence-electron chi connectivity index (χ1n) is 15.3. The summed E-state index contributed by atoms with van der Waals surface area (Å²) in [7, 11) is 0. The first-order valence-corrected chi connectivity index (χ1v) is 15.3. The Labute approximate surface area is 253 Å². The third-order valence-corrected chi connectivity index (χ3v) is 7.64. The molecule has 0 unspecified atom stereocenters. The molecule has 0 heterocycles. The van der Waals surface area contributed by atoms with Crippen LogP contribution in [0.2, 0.25) is 0 Å². The van der Waals surface area contributed by atoms with E-state index in [-0.39, 0.29) is 19.8 Å². The molecule has 0 fully saturated rings. The number of ether oxygens (including phenoxy) is 2. The predicted molar refractivity (Wildman–Crippen MR) is 170 cm³/mol. The maximum absolute atomic E-state index is 13.0. The van der Waals surface area contributed by atoms with E-state index in [4.69, 9.17) is 14.6 Å². The van der Waals surface area contributed by atoms with Gasteiger partial charge in [-0.15, -0.1) is 0 Å². The zero-order chi connectivity index (χ0) is 30.3. The van der Waals surface area contributed by atoms with Gasteiger partial charge >= 0.3 is 5.97 Å². The summed E-state index contributed by atoms with van der Waals surface area (Å²) < 4.78 is 11.1. The second kappa shape index (κ2) is 17.4. The molecular weight excluding hydrogens is 542 g/mol. The van der Waals surface area contributed by atoms with Crippen molar-refractivity contribution >= 4 is 33.4 Å². The SMILES string of the molecule is O=C(O)[C@H](OCCO)[C@@H](OCCCCCc1ccc2ccccc2c1)C(=O)NCCCCCc1ccc2ccccc2c1.